The minimum Gasteiger partial charge on any atom is -0.384 e. The van der Waals surface area contributed by atoms with Crippen LogP contribution in [0.1, 0.15) is 30.9 Å². The molecule has 2 N–H and O–H groups in total. The molecule has 1 aromatic carbocycles. The lowest BCUT2D eigenvalue weighted by Gasteiger charge is -2.39. The van der Waals surface area contributed by atoms with Crippen LogP contribution >= 0.6 is 0 Å². The molecule has 0 radical (unpaired) electrons. The van der Waals surface area contributed by atoms with Gasteiger partial charge < -0.3 is 10.2 Å². The van der Waals surface area contributed by atoms with Crippen LogP contribution in [-0.2, 0) is 0 Å². The van der Waals surface area contributed by atoms with Crippen molar-refractivity contribution in [1.82, 2.24) is 15.1 Å². The molecule has 5 nitrogen and oxygen atoms in total. The van der Waals surface area contributed by atoms with E-state index in [1.54, 1.807) is 0 Å². The van der Waals surface area contributed by atoms with E-state index in [1.807, 2.05) is 0 Å². The summed E-state index contributed by atoms with van der Waals surface area (Å²) in [7, 11) is 2.15. The maximum absolute atomic E-state index is 13.7. The molecule has 2 atom stereocenters. The molecule has 2 aliphatic heterocycles. The maximum atomic E-state index is 13.7. The molecule has 1 aromatic heterocycles. The predicted octanol–water partition coefficient (Wildman–Crippen LogP) is 2.06. The van der Waals surface area contributed by atoms with Crippen molar-refractivity contribution < 1.29 is 4.39 Å². The fraction of sp³-hybridized carbons (Fsp3) is 0.500. The number of aromatic nitrogens is 2. The number of H-pyrrole nitrogens is 1. The molecule has 22 heavy (non-hydrogen) atoms. The van der Waals surface area contributed by atoms with Gasteiger partial charge in [-0.15, -0.1) is 0 Å². The first kappa shape index (κ1) is 13.7. The van der Waals surface area contributed by atoms with Gasteiger partial charge in [0.15, 0.2) is 0 Å². The van der Waals surface area contributed by atoms with Gasteiger partial charge in [0, 0.05) is 29.6 Å². The van der Waals surface area contributed by atoms with Gasteiger partial charge in [-0.25, -0.2) is 9.49 Å². The van der Waals surface area contributed by atoms with E-state index in [9.17, 15) is 9.18 Å². The predicted molar refractivity (Wildman–Crippen MR) is 83.8 cm³/mol. The number of benzene rings is 1. The highest BCUT2D eigenvalue weighted by Gasteiger charge is 2.34. The Morgan fingerprint density at radius 2 is 2.23 bits per heavy atom. The summed E-state index contributed by atoms with van der Waals surface area (Å²) >= 11 is 0. The average molecular weight is 302 g/mol. The van der Waals surface area contributed by atoms with E-state index in [4.69, 9.17) is 0 Å². The quantitative estimate of drug-likeness (QED) is 0.846. The topological polar surface area (TPSA) is 61.0 Å². The molecule has 1 saturated heterocycles. The number of anilines is 1. The van der Waals surface area contributed by atoms with E-state index in [1.165, 1.54) is 25.0 Å². The largest absolute Gasteiger partial charge is 0.384 e. The normalized spacial score (nSPS) is 25.2. The molecule has 0 amide bonds. The Morgan fingerprint density at radius 1 is 1.36 bits per heavy atom. The average Bonchev–Trinajstić information content (AvgIpc) is 2.51. The monoisotopic (exact) mass is 302 g/mol. The highest BCUT2D eigenvalue weighted by molar-refractivity contribution is 5.96. The zero-order valence-electron chi connectivity index (χ0n) is 12.5. The highest BCUT2D eigenvalue weighted by atomic mass is 19.1. The fourth-order valence-electron chi connectivity index (χ4n) is 3.94. The van der Waals surface area contributed by atoms with Gasteiger partial charge in [-0.3, -0.25) is 4.79 Å². The molecule has 6 heteroatoms. The first-order chi connectivity index (χ1) is 10.6. The van der Waals surface area contributed by atoms with Crippen molar-refractivity contribution in [3.05, 3.63) is 34.0 Å². The van der Waals surface area contributed by atoms with Gasteiger partial charge in [-0.2, -0.15) is 5.10 Å². The minimum atomic E-state index is -0.397. The van der Waals surface area contributed by atoms with Crippen molar-refractivity contribution in [2.45, 2.75) is 31.2 Å². The number of hydrogen-bond donors (Lipinski definition) is 2. The molecular weight excluding hydrogens is 283 g/mol. The second kappa shape index (κ2) is 5.05. The smallest absolute Gasteiger partial charge is 0.272 e. The molecule has 0 unspecified atom stereocenters. The van der Waals surface area contributed by atoms with Crippen LogP contribution in [0, 0.1) is 5.82 Å². The summed E-state index contributed by atoms with van der Waals surface area (Å²) in [6, 6.07) is 3.16. The summed E-state index contributed by atoms with van der Waals surface area (Å²) in [5.41, 5.74) is 1.24. The third-order valence-electron chi connectivity index (χ3n) is 5.04. The SMILES string of the molecule is CN1CCCC[C@@H]1[C@@H]1CNc2cc(F)cc3c(=O)[nH]nc1c23. The number of nitrogens with one attached hydrogen (secondary N) is 2. The molecule has 116 valence electrons. The minimum absolute atomic E-state index is 0.211. The number of aromatic amines is 1. The third kappa shape index (κ3) is 2.01. The van der Waals surface area contributed by atoms with E-state index in [0.29, 0.717) is 17.1 Å². The molecule has 0 saturated carbocycles. The van der Waals surface area contributed by atoms with Crippen LogP contribution in [0.3, 0.4) is 0 Å². The fourth-order valence-corrected chi connectivity index (χ4v) is 3.94. The zero-order valence-corrected chi connectivity index (χ0v) is 12.5. The number of rotatable bonds is 1. The summed E-state index contributed by atoms with van der Waals surface area (Å²) in [6.07, 6.45) is 3.57. The molecule has 1 fully saturated rings. The van der Waals surface area contributed by atoms with Crippen LogP contribution < -0.4 is 10.9 Å². The summed E-state index contributed by atoms with van der Waals surface area (Å²) < 4.78 is 13.7. The number of piperidine rings is 1. The standard InChI is InChI=1S/C16H19FN4O/c1-21-5-3-2-4-13(21)11-8-18-12-7-9(17)6-10-14(12)15(11)19-20-16(10)22/h6-7,11,13,18H,2-5,8H2,1H3,(H,20,22)/t11-,13+/m0/s1. The van der Waals surface area contributed by atoms with Gasteiger partial charge >= 0.3 is 0 Å². The summed E-state index contributed by atoms with van der Waals surface area (Å²) in [4.78, 5) is 14.4. The Balaban J connectivity index is 1.89. The van der Waals surface area contributed by atoms with Crippen LogP contribution in [0.15, 0.2) is 16.9 Å². The maximum Gasteiger partial charge on any atom is 0.272 e. The number of halogens is 1. The number of likely N-dealkylation sites (tertiary alicyclic amines) is 1. The lowest BCUT2D eigenvalue weighted by molar-refractivity contribution is 0.160. The molecule has 0 aliphatic carbocycles. The summed E-state index contributed by atoms with van der Waals surface area (Å²) in [5, 5.41) is 11.3. The van der Waals surface area contributed by atoms with E-state index >= 15 is 0 Å². The van der Waals surface area contributed by atoms with Crippen molar-refractivity contribution >= 4 is 16.5 Å². The second-order valence-corrected chi connectivity index (χ2v) is 6.35. The van der Waals surface area contributed by atoms with Crippen LogP contribution in [0.2, 0.25) is 0 Å². The van der Waals surface area contributed by atoms with Crippen LogP contribution in [0.4, 0.5) is 10.1 Å². The summed E-state index contributed by atoms with van der Waals surface area (Å²) in [6.45, 7) is 1.81. The Morgan fingerprint density at radius 3 is 3.05 bits per heavy atom. The first-order valence-corrected chi connectivity index (χ1v) is 7.81. The molecule has 4 rings (SSSR count). The van der Waals surface area contributed by atoms with Gasteiger partial charge in [-0.1, -0.05) is 6.42 Å². The molecule has 3 heterocycles. The highest BCUT2D eigenvalue weighted by Crippen LogP contribution is 2.38. The molecular formula is C16H19FN4O. The van der Waals surface area contributed by atoms with E-state index in [2.05, 4.69) is 27.5 Å². The van der Waals surface area contributed by atoms with Gasteiger partial charge in [0.1, 0.15) is 5.82 Å². The van der Waals surface area contributed by atoms with Crippen LogP contribution in [-0.4, -0.2) is 41.3 Å². The van der Waals surface area contributed by atoms with Crippen molar-refractivity contribution in [3.8, 4) is 0 Å². The first-order valence-electron chi connectivity index (χ1n) is 7.81. The Hall–Kier alpha value is -1.95. The van der Waals surface area contributed by atoms with Crippen molar-refractivity contribution in [2.75, 3.05) is 25.5 Å². The van der Waals surface area contributed by atoms with Crippen LogP contribution in [0.25, 0.3) is 10.8 Å². The Bertz CT molecular complexity index is 788. The Kier molecular flexibility index (Phi) is 3.14. The lowest BCUT2D eigenvalue weighted by atomic mass is 9.84. The van der Waals surface area contributed by atoms with E-state index in [0.717, 1.165) is 30.6 Å². The number of likely N-dealkylation sites (N-methyl/N-ethyl adjacent to an activating group) is 1. The van der Waals surface area contributed by atoms with E-state index in [-0.39, 0.29) is 11.5 Å². The van der Waals surface area contributed by atoms with Gasteiger partial charge in [-0.05, 0) is 38.6 Å². The van der Waals surface area contributed by atoms with Crippen molar-refractivity contribution in [3.63, 3.8) is 0 Å². The molecule has 0 bridgehead atoms. The zero-order chi connectivity index (χ0) is 15.3. The van der Waals surface area contributed by atoms with E-state index < -0.39 is 5.82 Å². The number of hydrogen-bond acceptors (Lipinski definition) is 4. The number of nitrogens with zero attached hydrogens (tertiary/aromatic N) is 2. The Labute approximate surface area is 127 Å². The van der Waals surface area contributed by atoms with Crippen molar-refractivity contribution in [1.29, 1.82) is 0 Å². The van der Waals surface area contributed by atoms with Gasteiger partial charge in [0.2, 0.25) is 0 Å². The summed E-state index contributed by atoms with van der Waals surface area (Å²) in [5.74, 6) is -0.187. The van der Waals surface area contributed by atoms with Gasteiger partial charge in [0.05, 0.1) is 11.1 Å². The molecule has 2 aromatic rings. The molecule has 2 aliphatic rings. The third-order valence-corrected chi connectivity index (χ3v) is 5.04. The second-order valence-electron chi connectivity index (χ2n) is 6.35. The lowest BCUT2D eigenvalue weighted by Crippen LogP contribution is -2.44. The van der Waals surface area contributed by atoms with Crippen LogP contribution in [0.5, 0.6) is 0 Å². The molecule has 0 spiro atoms. The van der Waals surface area contributed by atoms with Gasteiger partial charge in [0.25, 0.3) is 5.56 Å². The van der Waals surface area contributed by atoms with Crippen molar-refractivity contribution in [2.24, 2.45) is 0 Å².